The molecule has 0 saturated carbocycles. The molecule has 0 spiro atoms. The van der Waals surface area contributed by atoms with Gasteiger partial charge in [0.15, 0.2) is 0 Å². The summed E-state index contributed by atoms with van der Waals surface area (Å²) in [5, 5.41) is 19.5. The molecule has 0 aliphatic rings. The molecule has 0 aromatic carbocycles. The standard InChI is InChI=1S/C9H18N2O4/c1-2-6(4-10)3-8(13)11-7(5-12)9(14)15/h6-7,12H,2-5,10H2,1H3,(H,11,13)(H,14,15)/t6?,7-/m0/s1. The largest absolute Gasteiger partial charge is 0.480 e. The average molecular weight is 218 g/mol. The zero-order valence-corrected chi connectivity index (χ0v) is 8.77. The fraction of sp³-hybridized carbons (Fsp3) is 0.778. The highest BCUT2D eigenvalue weighted by atomic mass is 16.4. The highest BCUT2D eigenvalue weighted by Gasteiger charge is 2.19. The van der Waals surface area contributed by atoms with Crippen molar-refractivity contribution >= 4 is 11.9 Å². The number of nitrogens with two attached hydrogens (primary N) is 1. The average Bonchev–Trinajstić information content (AvgIpc) is 2.22. The minimum atomic E-state index is -1.24. The highest BCUT2D eigenvalue weighted by molar-refractivity contribution is 5.83. The second-order valence-electron chi connectivity index (χ2n) is 3.36. The Morgan fingerprint density at radius 1 is 1.47 bits per heavy atom. The predicted molar refractivity (Wildman–Crippen MR) is 54.1 cm³/mol. The molecule has 1 amide bonds. The van der Waals surface area contributed by atoms with Crippen LogP contribution in [0.1, 0.15) is 19.8 Å². The third kappa shape index (κ3) is 5.34. The number of rotatable bonds is 7. The molecule has 0 aromatic rings. The molecule has 6 heteroatoms. The van der Waals surface area contributed by atoms with Crippen molar-refractivity contribution in [3.8, 4) is 0 Å². The normalized spacial score (nSPS) is 14.3. The fourth-order valence-corrected chi connectivity index (χ4v) is 1.10. The van der Waals surface area contributed by atoms with Crippen molar-refractivity contribution in [3.05, 3.63) is 0 Å². The van der Waals surface area contributed by atoms with Crippen LogP contribution in [-0.2, 0) is 9.59 Å². The maximum Gasteiger partial charge on any atom is 0.328 e. The van der Waals surface area contributed by atoms with Gasteiger partial charge in [0.25, 0.3) is 0 Å². The lowest BCUT2D eigenvalue weighted by Gasteiger charge is -2.15. The van der Waals surface area contributed by atoms with E-state index < -0.39 is 24.5 Å². The molecule has 0 bridgehead atoms. The molecule has 0 aliphatic carbocycles. The van der Waals surface area contributed by atoms with Crippen molar-refractivity contribution in [2.45, 2.75) is 25.8 Å². The van der Waals surface area contributed by atoms with Gasteiger partial charge in [0.1, 0.15) is 6.04 Å². The summed E-state index contributed by atoms with van der Waals surface area (Å²) in [7, 11) is 0. The van der Waals surface area contributed by atoms with Gasteiger partial charge in [-0.15, -0.1) is 0 Å². The fourth-order valence-electron chi connectivity index (χ4n) is 1.10. The zero-order valence-electron chi connectivity index (χ0n) is 8.77. The lowest BCUT2D eigenvalue weighted by Crippen LogP contribution is -2.44. The van der Waals surface area contributed by atoms with Crippen LogP contribution in [0.5, 0.6) is 0 Å². The van der Waals surface area contributed by atoms with Crippen molar-refractivity contribution in [1.82, 2.24) is 5.32 Å². The van der Waals surface area contributed by atoms with E-state index >= 15 is 0 Å². The highest BCUT2D eigenvalue weighted by Crippen LogP contribution is 2.05. The molecule has 0 saturated heterocycles. The maximum absolute atomic E-state index is 11.3. The number of hydrogen-bond acceptors (Lipinski definition) is 4. The zero-order chi connectivity index (χ0) is 11.8. The molecule has 0 aliphatic heterocycles. The van der Waals surface area contributed by atoms with E-state index in [1.807, 2.05) is 6.92 Å². The predicted octanol–water partition coefficient (Wildman–Crippen LogP) is -1.08. The first-order valence-electron chi connectivity index (χ1n) is 4.88. The van der Waals surface area contributed by atoms with Crippen molar-refractivity contribution in [2.75, 3.05) is 13.2 Å². The second-order valence-corrected chi connectivity index (χ2v) is 3.36. The topological polar surface area (TPSA) is 113 Å². The summed E-state index contributed by atoms with van der Waals surface area (Å²) in [4.78, 5) is 21.8. The first kappa shape index (κ1) is 13.9. The molecule has 6 nitrogen and oxygen atoms in total. The first-order valence-corrected chi connectivity index (χ1v) is 4.88. The number of carboxylic acids is 1. The lowest BCUT2D eigenvalue weighted by molar-refractivity contribution is -0.143. The van der Waals surface area contributed by atoms with E-state index in [2.05, 4.69) is 5.32 Å². The van der Waals surface area contributed by atoms with Gasteiger partial charge in [-0.2, -0.15) is 0 Å². The van der Waals surface area contributed by atoms with E-state index in [-0.39, 0.29) is 12.3 Å². The Balaban J connectivity index is 4.06. The van der Waals surface area contributed by atoms with Crippen molar-refractivity contribution in [3.63, 3.8) is 0 Å². The summed E-state index contributed by atoms with van der Waals surface area (Å²) in [5.74, 6) is -1.58. The second kappa shape index (κ2) is 7.19. The Bertz CT molecular complexity index is 216. The molecule has 0 radical (unpaired) electrons. The van der Waals surface area contributed by atoms with Crippen LogP contribution in [0.15, 0.2) is 0 Å². The Morgan fingerprint density at radius 2 is 2.07 bits per heavy atom. The molecular weight excluding hydrogens is 200 g/mol. The van der Waals surface area contributed by atoms with Crippen LogP contribution in [0.3, 0.4) is 0 Å². The molecule has 0 fully saturated rings. The van der Waals surface area contributed by atoms with Crippen LogP contribution in [0.25, 0.3) is 0 Å². The van der Waals surface area contributed by atoms with Gasteiger partial charge in [0.2, 0.25) is 5.91 Å². The van der Waals surface area contributed by atoms with Gasteiger partial charge in [0.05, 0.1) is 6.61 Å². The summed E-state index contributed by atoms with van der Waals surface area (Å²) in [6, 6.07) is -1.23. The molecule has 5 N–H and O–H groups in total. The number of nitrogens with one attached hydrogen (secondary N) is 1. The Hall–Kier alpha value is -1.14. The minimum Gasteiger partial charge on any atom is -0.480 e. The summed E-state index contributed by atoms with van der Waals surface area (Å²) in [6.45, 7) is 1.69. The van der Waals surface area contributed by atoms with Crippen molar-refractivity contribution < 1.29 is 19.8 Å². The van der Waals surface area contributed by atoms with Gasteiger partial charge in [-0.3, -0.25) is 4.79 Å². The lowest BCUT2D eigenvalue weighted by atomic mass is 10.0. The molecule has 0 aromatic heterocycles. The third-order valence-electron chi connectivity index (χ3n) is 2.20. The van der Waals surface area contributed by atoms with Crippen LogP contribution in [-0.4, -0.2) is 41.3 Å². The van der Waals surface area contributed by atoms with Gasteiger partial charge in [-0.25, -0.2) is 4.79 Å². The Kier molecular flexibility index (Phi) is 6.64. The molecule has 1 unspecified atom stereocenters. The Morgan fingerprint density at radius 3 is 2.40 bits per heavy atom. The molecule has 0 rings (SSSR count). The monoisotopic (exact) mass is 218 g/mol. The number of aliphatic hydroxyl groups is 1. The summed E-state index contributed by atoms with van der Waals surface area (Å²) < 4.78 is 0. The molecule has 15 heavy (non-hydrogen) atoms. The van der Waals surface area contributed by atoms with Gasteiger partial charge in [0, 0.05) is 6.42 Å². The van der Waals surface area contributed by atoms with Crippen LogP contribution in [0.2, 0.25) is 0 Å². The number of carbonyl (C=O) groups is 2. The quantitative estimate of drug-likeness (QED) is 0.434. The minimum absolute atomic E-state index is 0.0538. The molecular formula is C9H18N2O4. The van der Waals surface area contributed by atoms with E-state index in [4.69, 9.17) is 15.9 Å². The SMILES string of the molecule is CCC(CN)CC(=O)N[C@@H](CO)C(=O)O. The van der Waals surface area contributed by atoms with E-state index in [0.29, 0.717) is 6.54 Å². The number of amides is 1. The maximum atomic E-state index is 11.3. The van der Waals surface area contributed by atoms with Gasteiger partial charge >= 0.3 is 5.97 Å². The van der Waals surface area contributed by atoms with E-state index in [1.165, 1.54) is 0 Å². The van der Waals surface area contributed by atoms with Crippen LogP contribution >= 0.6 is 0 Å². The third-order valence-corrected chi connectivity index (χ3v) is 2.20. The number of hydrogen-bond donors (Lipinski definition) is 4. The van der Waals surface area contributed by atoms with Gasteiger partial charge < -0.3 is 21.3 Å². The molecule has 0 heterocycles. The van der Waals surface area contributed by atoms with Crippen LogP contribution < -0.4 is 11.1 Å². The van der Waals surface area contributed by atoms with Gasteiger partial charge in [-0.1, -0.05) is 13.3 Å². The Labute approximate surface area is 88.5 Å². The summed E-state index contributed by atoms with van der Waals surface area (Å²) >= 11 is 0. The van der Waals surface area contributed by atoms with Crippen LogP contribution in [0, 0.1) is 5.92 Å². The summed E-state index contributed by atoms with van der Waals surface area (Å²) in [6.07, 6.45) is 0.956. The van der Waals surface area contributed by atoms with Crippen LogP contribution in [0.4, 0.5) is 0 Å². The first-order chi connectivity index (χ1) is 7.04. The number of carbonyl (C=O) groups excluding carboxylic acids is 1. The number of carboxylic acid groups (broad SMARTS) is 1. The molecule has 88 valence electrons. The van der Waals surface area contributed by atoms with E-state index in [1.54, 1.807) is 0 Å². The molecule has 2 atom stereocenters. The number of aliphatic carboxylic acids is 1. The van der Waals surface area contributed by atoms with Crippen molar-refractivity contribution in [2.24, 2.45) is 11.7 Å². The summed E-state index contributed by atoms with van der Waals surface area (Å²) in [5.41, 5.74) is 5.41. The van der Waals surface area contributed by atoms with E-state index in [0.717, 1.165) is 6.42 Å². The van der Waals surface area contributed by atoms with E-state index in [9.17, 15) is 9.59 Å². The number of aliphatic hydroxyl groups excluding tert-OH is 1. The van der Waals surface area contributed by atoms with Gasteiger partial charge in [-0.05, 0) is 12.5 Å². The smallest absolute Gasteiger partial charge is 0.328 e. The van der Waals surface area contributed by atoms with Crippen molar-refractivity contribution in [1.29, 1.82) is 0 Å².